The minimum absolute atomic E-state index is 0.430. The van der Waals surface area contributed by atoms with Crippen LogP contribution in [0.5, 0.6) is 0 Å². The lowest BCUT2D eigenvalue weighted by atomic mass is 10.0. The monoisotopic (exact) mass is 255 g/mol. The first-order valence-corrected chi connectivity index (χ1v) is 5.90. The van der Waals surface area contributed by atoms with Crippen LogP contribution in [0.4, 0.5) is 5.69 Å². The van der Waals surface area contributed by atoms with Gasteiger partial charge in [-0.1, -0.05) is 5.16 Å². The molecule has 0 amide bonds. The van der Waals surface area contributed by atoms with Crippen molar-refractivity contribution in [2.45, 2.75) is 13.8 Å². The fourth-order valence-corrected chi connectivity index (χ4v) is 1.95. The molecule has 19 heavy (non-hydrogen) atoms. The summed E-state index contributed by atoms with van der Waals surface area (Å²) in [6.07, 6.45) is 1.57. The Labute approximate surface area is 110 Å². The summed E-state index contributed by atoms with van der Waals surface area (Å²) in [4.78, 5) is 4.34. The van der Waals surface area contributed by atoms with Crippen LogP contribution < -0.4 is 5.73 Å². The highest BCUT2D eigenvalue weighted by Gasteiger charge is 2.15. The van der Waals surface area contributed by atoms with Crippen LogP contribution >= 0.6 is 0 Å². The molecule has 0 atom stereocenters. The molecule has 1 aromatic carbocycles. The lowest BCUT2D eigenvalue weighted by molar-refractivity contribution is 0.429. The molecule has 0 spiro atoms. The molecule has 5 heteroatoms. The van der Waals surface area contributed by atoms with Crippen LogP contribution in [-0.2, 0) is 0 Å². The zero-order chi connectivity index (χ0) is 13.4. The maximum absolute atomic E-state index is 5.86. The van der Waals surface area contributed by atoms with Gasteiger partial charge in [0.15, 0.2) is 5.76 Å². The van der Waals surface area contributed by atoms with Gasteiger partial charge in [-0.15, -0.1) is 0 Å². The van der Waals surface area contributed by atoms with Gasteiger partial charge in [0, 0.05) is 11.3 Å². The number of aromatic nitrogens is 2. The average molecular weight is 255 g/mol. The SMILES string of the molecule is Cc1cc(N)cc(-c2nc(-c3ccco3)no2)c1C. The average Bonchev–Trinajstić information content (AvgIpc) is 3.03. The smallest absolute Gasteiger partial charge is 0.258 e. The van der Waals surface area contributed by atoms with Crippen molar-refractivity contribution in [1.29, 1.82) is 0 Å². The molecule has 0 bridgehead atoms. The normalized spacial score (nSPS) is 10.8. The second kappa shape index (κ2) is 4.28. The first-order chi connectivity index (χ1) is 9.15. The molecule has 2 N–H and O–H groups in total. The molecule has 5 nitrogen and oxygen atoms in total. The van der Waals surface area contributed by atoms with Gasteiger partial charge in [0.05, 0.1) is 6.26 Å². The Morgan fingerprint density at radius 1 is 1.21 bits per heavy atom. The minimum atomic E-state index is 0.430. The molecule has 0 saturated heterocycles. The van der Waals surface area contributed by atoms with Gasteiger partial charge in [0.1, 0.15) is 0 Å². The Kier molecular flexibility index (Phi) is 2.59. The van der Waals surface area contributed by atoms with Crippen LogP contribution in [0.2, 0.25) is 0 Å². The van der Waals surface area contributed by atoms with E-state index in [-0.39, 0.29) is 0 Å². The Bertz CT molecular complexity index is 714. The van der Waals surface area contributed by atoms with Crippen LogP contribution in [-0.4, -0.2) is 10.1 Å². The van der Waals surface area contributed by atoms with E-state index < -0.39 is 0 Å². The van der Waals surface area contributed by atoms with Crippen molar-refractivity contribution in [1.82, 2.24) is 10.1 Å². The summed E-state index contributed by atoms with van der Waals surface area (Å²) in [6, 6.07) is 7.32. The lowest BCUT2D eigenvalue weighted by Crippen LogP contribution is -1.92. The number of aryl methyl sites for hydroxylation is 1. The highest BCUT2D eigenvalue weighted by Crippen LogP contribution is 2.28. The highest BCUT2D eigenvalue weighted by atomic mass is 16.5. The third-order valence-electron chi connectivity index (χ3n) is 3.09. The molecule has 2 aromatic heterocycles. The van der Waals surface area contributed by atoms with E-state index in [0.717, 1.165) is 16.7 Å². The highest BCUT2D eigenvalue weighted by molar-refractivity contribution is 5.67. The van der Waals surface area contributed by atoms with Crippen molar-refractivity contribution in [2.24, 2.45) is 0 Å². The van der Waals surface area contributed by atoms with Crippen molar-refractivity contribution in [3.05, 3.63) is 41.7 Å². The van der Waals surface area contributed by atoms with E-state index in [1.54, 1.807) is 18.4 Å². The fraction of sp³-hybridized carbons (Fsp3) is 0.143. The number of nitrogen functional groups attached to an aromatic ring is 1. The molecule has 0 fully saturated rings. The molecule has 2 heterocycles. The molecule has 0 aliphatic heterocycles. The molecule has 0 unspecified atom stereocenters. The zero-order valence-corrected chi connectivity index (χ0v) is 10.7. The number of rotatable bonds is 2. The van der Waals surface area contributed by atoms with Gasteiger partial charge in [-0.3, -0.25) is 0 Å². The number of furan rings is 1. The summed E-state index contributed by atoms with van der Waals surface area (Å²) in [5.74, 6) is 1.45. The van der Waals surface area contributed by atoms with Gasteiger partial charge < -0.3 is 14.7 Å². The van der Waals surface area contributed by atoms with E-state index in [9.17, 15) is 0 Å². The third-order valence-corrected chi connectivity index (χ3v) is 3.09. The van der Waals surface area contributed by atoms with Gasteiger partial charge in [-0.2, -0.15) is 4.98 Å². The molecular formula is C14H13N3O2. The molecule has 96 valence electrons. The number of nitrogens with zero attached hydrogens (tertiary/aromatic N) is 2. The number of hydrogen-bond acceptors (Lipinski definition) is 5. The molecular weight excluding hydrogens is 242 g/mol. The van der Waals surface area contributed by atoms with E-state index in [4.69, 9.17) is 14.7 Å². The Balaban J connectivity index is 2.09. The van der Waals surface area contributed by atoms with Gasteiger partial charge in [-0.25, -0.2) is 0 Å². The summed E-state index contributed by atoms with van der Waals surface area (Å²) in [6.45, 7) is 4.00. The Morgan fingerprint density at radius 3 is 2.79 bits per heavy atom. The molecule has 0 radical (unpaired) electrons. The van der Waals surface area contributed by atoms with Crippen molar-refractivity contribution in [3.63, 3.8) is 0 Å². The van der Waals surface area contributed by atoms with E-state index in [1.807, 2.05) is 26.0 Å². The van der Waals surface area contributed by atoms with E-state index in [2.05, 4.69) is 10.1 Å². The molecule has 0 aliphatic rings. The van der Waals surface area contributed by atoms with E-state index in [1.165, 1.54) is 0 Å². The Morgan fingerprint density at radius 2 is 2.05 bits per heavy atom. The van der Waals surface area contributed by atoms with Crippen LogP contribution in [0, 0.1) is 13.8 Å². The molecule has 0 aliphatic carbocycles. The molecule has 3 aromatic rings. The van der Waals surface area contributed by atoms with Gasteiger partial charge >= 0.3 is 0 Å². The molecule has 0 saturated carbocycles. The third kappa shape index (κ3) is 1.99. The van der Waals surface area contributed by atoms with E-state index >= 15 is 0 Å². The summed E-state index contributed by atoms with van der Waals surface area (Å²) in [7, 11) is 0. The number of anilines is 1. The first kappa shape index (κ1) is 11.5. The largest absolute Gasteiger partial charge is 0.461 e. The van der Waals surface area contributed by atoms with Gasteiger partial charge in [0.2, 0.25) is 5.82 Å². The summed E-state index contributed by atoms with van der Waals surface area (Å²) >= 11 is 0. The predicted octanol–water partition coefficient (Wildman–Crippen LogP) is 3.20. The predicted molar refractivity (Wildman–Crippen MR) is 71.3 cm³/mol. The second-order valence-corrected chi connectivity index (χ2v) is 4.41. The van der Waals surface area contributed by atoms with Gasteiger partial charge in [0.25, 0.3) is 5.89 Å². The lowest BCUT2D eigenvalue weighted by Gasteiger charge is -2.06. The van der Waals surface area contributed by atoms with Crippen molar-refractivity contribution >= 4 is 5.69 Å². The van der Waals surface area contributed by atoms with E-state index in [0.29, 0.717) is 23.2 Å². The van der Waals surface area contributed by atoms with Crippen molar-refractivity contribution < 1.29 is 8.94 Å². The number of benzene rings is 1. The molecule has 3 rings (SSSR count). The number of hydrogen-bond donors (Lipinski definition) is 1. The van der Waals surface area contributed by atoms with Gasteiger partial charge in [-0.05, 0) is 49.2 Å². The quantitative estimate of drug-likeness (QED) is 0.711. The van der Waals surface area contributed by atoms with Crippen molar-refractivity contribution in [2.75, 3.05) is 5.73 Å². The first-order valence-electron chi connectivity index (χ1n) is 5.90. The number of nitrogens with two attached hydrogens (primary N) is 1. The van der Waals surface area contributed by atoms with Crippen LogP contribution in [0.15, 0.2) is 39.5 Å². The maximum atomic E-state index is 5.86. The van der Waals surface area contributed by atoms with Crippen LogP contribution in [0.1, 0.15) is 11.1 Å². The Hall–Kier alpha value is -2.56. The van der Waals surface area contributed by atoms with Crippen molar-refractivity contribution in [3.8, 4) is 23.0 Å². The van der Waals surface area contributed by atoms with Crippen LogP contribution in [0.3, 0.4) is 0 Å². The minimum Gasteiger partial charge on any atom is -0.461 e. The zero-order valence-electron chi connectivity index (χ0n) is 10.7. The second-order valence-electron chi connectivity index (χ2n) is 4.41. The summed E-state index contributed by atoms with van der Waals surface area (Å²) < 4.78 is 10.5. The van der Waals surface area contributed by atoms with Crippen LogP contribution in [0.25, 0.3) is 23.0 Å². The summed E-state index contributed by atoms with van der Waals surface area (Å²) in [5, 5.41) is 3.91. The topological polar surface area (TPSA) is 78.1 Å². The maximum Gasteiger partial charge on any atom is 0.258 e. The standard InChI is InChI=1S/C14H13N3O2/c1-8-6-10(15)7-11(9(8)2)14-16-13(17-19-14)12-4-3-5-18-12/h3-7H,15H2,1-2H3. The fourth-order valence-electron chi connectivity index (χ4n) is 1.95. The summed E-state index contributed by atoms with van der Waals surface area (Å²) in [5.41, 5.74) is 9.55.